The minimum absolute atomic E-state index is 0.806. The molecular formula is C21H18N4. The summed E-state index contributed by atoms with van der Waals surface area (Å²) in [6, 6.07) is 20.6. The maximum absolute atomic E-state index is 4.66. The average Bonchev–Trinajstić information content (AvgIpc) is 2.69. The summed E-state index contributed by atoms with van der Waals surface area (Å²) >= 11 is 0. The number of nitrogens with one attached hydrogen (secondary N) is 1. The minimum atomic E-state index is 0.806. The summed E-state index contributed by atoms with van der Waals surface area (Å²) in [7, 11) is 0. The zero-order chi connectivity index (χ0) is 16.9. The maximum Gasteiger partial charge on any atom is 0.145 e. The number of fused-ring (bicyclic) bond motifs is 1. The molecule has 2 heterocycles. The molecule has 0 spiro atoms. The Hall–Kier alpha value is -3.27. The van der Waals surface area contributed by atoms with Crippen molar-refractivity contribution in [3.63, 3.8) is 0 Å². The van der Waals surface area contributed by atoms with Gasteiger partial charge in [-0.2, -0.15) is 0 Å². The molecule has 4 nitrogen and oxygen atoms in total. The third-order valence-electron chi connectivity index (χ3n) is 4.12. The first kappa shape index (κ1) is 15.3. The summed E-state index contributed by atoms with van der Waals surface area (Å²) in [4.78, 5) is 13.3. The molecule has 0 fully saturated rings. The summed E-state index contributed by atoms with van der Waals surface area (Å²) in [5, 5.41) is 3.35. The van der Waals surface area contributed by atoms with Crippen LogP contribution in [-0.4, -0.2) is 21.5 Å². The van der Waals surface area contributed by atoms with Gasteiger partial charge in [-0.05, 0) is 47.4 Å². The van der Waals surface area contributed by atoms with Gasteiger partial charge in [0.15, 0.2) is 0 Å². The summed E-state index contributed by atoms with van der Waals surface area (Å²) in [6.07, 6.45) is 6.35. The predicted octanol–water partition coefficient (Wildman–Crippen LogP) is 4.35. The fourth-order valence-electron chi connectivity index (χ4n) is 2.80. The van der Waals surface area contributed by atoms with Gasteiger partial charge in [0.2, 0.25) is 0 Å². The standard InChI is InChI=1S/C21H18N4/c1-2-4-16(5-3-1)8-13-23-21-15-24-20-14-18(6-7-19(20)25-21)17-9-11-22-12-10-17/h1-7,9-12,14-15H,8,13H2,(H,23,25). The molecule has 0 aliphatic heterocycles. The molecule has 25 heavy (non-hydrogen) atoms. The lowest BCUT2D eigenvalue weighted by atomic mass is 10.1. The van der Waals surface area contributed by atoms with Crippen LogP contribution in [0.15, 0.2) is 79.3 Å². The van der Waals surface area contributed by atoms with E-state index in [1.165, 1.54) is 5.56 Å². The van der Waals surface area contributed by atoms with Crippen LogP contribution in [0.3, 0.4) is 0 Å². The lowest BCUT2D eigenvalue weighted by Gasteiger charge is -2.07. The highest BCUT2D eigenvalue weighted by atomic mass is 15.0. The van der Waals surface area contributed by atoms with Crippen LogP contribution in [0, 0.1) is 0 Å². The van der Waals surface area contributed by atoms with Crippen molar-refractivity contribution in [2.24, 2.45) is 0 Å². The van der Waals surface area contributed by atoms with Crippen molar-refractivity contribution in [1.82, 2.24) is 15.0 Å². The van der Waals surface area contributed by atoms with Gasteiger partial charge in [0.1, 0.15) is 5.82 Å². The van der Waals surface area contributed by atoms with Gasteiger partial charge < -0.3 is 5.32 Å². The van der Waals surface area contributed by atoms with Gasteiger partial charge in [0.25, 0.3) is 0 Å². The van der Waals surface area contributed by atoms with Crippen molar-refractivity contribution in [2.45, 2.75) is 6.42 Å². The van der Waals surface area contributed by atoms with E-state index in [9.17, 15) is 0 Å². The van der Waals surface area contributed by atoms with E-state index in [0.29, 0.717) is 0 Å². The highest BCUT2D eigenvalue weighted by Crippen LogP contribution is 2.22. The first-order chi connectivity index (χ1) is 12.4. The lowest BCUT2D eigenvalue weighted by Crippen LogP contribution is -2.06. The molecule has 0 atom stereocenters. The van der Waals surface area contributed by atoms with Gasteiger partial charge in [-0.1, -0.05) is 36.4 Å². The minimum Gasteiger partial charge on any atom is -0.368 e. The van der Waals surface area contributed by atoms with Gasteiger partial charge in [-0.3, -0.25) is 9.97 Å². The second-order valence-electron chi connectivity index (χ2n) is 5.86. The van der Waals surface area contributed by atoms with E-state index in [-0.39, 0.29) is 0 Å². The smallest absolute Gasteiger partial charge is 0.145 e. The largest absolute Gasteiger partial charge is 0.368 e. The zero-order valence-corrected chi connectivity index (χ0v) is 13.8. The summed E-state index contributed by atoms with van der Waals surface area (Å²) in [6.45, 7) is 0.833. The van der Waals surface area contributed by atoms with E-state index >= 15 is 0 Å². The Morgan fingerprint density at radius 3 is 2.48 bits per heavy atom. The van der Waals surface area contributed by atoms with Crippen LogP contribution in [0.4, 0.5) is 5.82 Å². The summed E-state index contributed by atoms with van der Waals surface area (Å²) in [5.74, 6) is 0.806. The number of aromatic nitrogens is 3. The Morgan fingerprint density at radius 1 is 0.800 bits per heavy atom. The van der Waals surface area contributed by atoms with E-state index in [1.807, 2.05) is 24.3 Å². The fourth-order valence-corrected chi connectivity index (χ4v) is 2.80. The molecule has 0 radical (unpaired) electrons. The Balaban J connectivity index is 1.49. The van der Waals surface area contributed by atoms with E-state index in [0.717, 1.165) is 40.9 Å². The summed E-state index contributed by atoms with van der Waals surface area (Å²) < 4.78 is 0. The van der Waals surface area contributed by atoms with Crippen molar-refractivity contribution >= 4 is 16.9 Å². The molecule has 0 amide bonds. The maximum atomic E-state index is 4.66. The Kier molecular flexibility index (Phi) is 4.33. The number of nitrogens with zero attached hydrogens (tertiary/aromatic N) is 3. The van der Waals surface area contributed by atoms with Crippen LogP contribution in [0.1, 0.15) is 5.56 Å². The van der Waals surface area contributed by atoms with Gasteiger partial charge >= 0.3 is 0 Å². The van der Waals surface area contributed by atoms with Crippen LogP contribution >= 0.6 is 0 Å². The second-order valence-corrected chi connectivity index (χ2v) is 5.86. The lowest BCUT2D eigenvalue weighted by molar-refractivity contribution is 1.01. The molecule has 0 unspecified atom stereocenters. The number of anilines is 1. The van der Waals surface area contributed by atoms with Crippen LogP contribution in [0.25, 0.3) is 22.2 Å². The summed E-state index contributed by atoms with van der Waals surface area (Å²) in [5.41, 5.74) is 5.34. The highest BCUT2D eigenvalue weighted by molar-refractivity contribution is 5.82. The number of hydrogen-bond donors (Lipinski definition) is 1. The third kappa shape index (κ3) is 3.63. The van der Waals surface area contributed by atoms with Crippen molar-refractivity contribution in [3.05, 3.63) is 84.8 Å². The van der Waals surface area contributed by atoms with Gasteiger partial charge in [0, 0.05) is 18.9 Å². The Bertz CT molecular complexity index is 969. The first-order valence-corrected chi connectivity index (χ1v) is 8.33. The Labute approximate surface area is 146 Å². The quantitative estimate of drug-likeness (QED) is 0.592. The zero-order valence-electron chi connectivity index (χ0n) is 13.8. The van der Waals surface area contributed by atoms with E-state index in [1.54, 1.807) is 18.6 Å². The van der Waals surface area contributed by atoms with Gasteiger partial charge in [-0.25, -0.2) is 4.98 Å². The van der Waals surface area contributed by atoms with Crippen LogP contribution in [0.2, 0.25) is 0 Å². The van der Waals surface area contributed by atoms with Gasteiger partial charge in [-0.15, -0.1) is 0 Å². The molecule has 0 aliphatic rings. The molecule has 4 rings (SSSR count). The van der Waals surface area contributed by atoms with Crippen LogP contribution in [-0.2, 0) is 6.42 Å². The van der Waals surface area contributed by atoms with Crippen molar-refractivity contribution in [1.29, 1.82) is 0 Å². The number of rotatable bonds is 5. The molecule has 1 N–H and O–H groups in total. The second kappa shape index (κ2) is 7.09. The molecule has 2 aromatic carbocycles. The van der Waals surface area contributed by atoms with Crippen molar-refractivity contribution in [2.75, 3.05) is 11.9 Å². The van der Waals surface area contributed by atoms with E-state index in [2.05, 4.69) is 56.7 Å². The molecule has 0 bridgehead atoms. The highest BCUT2D eigenvalue weighted by Gasteiger charge is 2.03. The monoisotopic (exact) mass is 326 g/mol. The molecule has 0 saturated heterocycles. The predicted molar refractivity (Wildman–Crippen MR) is 101 cm³/mol. The van der Waals surface area contributed by atoms with Crippen LogP contribution in [0.5, 0.6) is 0 Å². The number of benzene rings is 2. The van der Waals surface area contributed by atoms with Crippen molar-refractivity contribution < 1.29 is 0 Å². The Morgan fingerprint density at radius 2 is 1.64 bits per heavy atom. The van der Waals surface area contributed by atoms with E-state index in [4.69, 9.17) is 0 Å². The van der Waals surface area contributed by atoms with Gasteiger partial charge in [0.05, 0.1) is 17.2 Å². The molecule has 122 valence electrons. The normalized spacial score (nSPS) is 10.7. The average molecular weight is 326 g/mol. The molecule has 4 heteroatoms. The third-order valence-corrected chi connectivity index (χ3v) is 4.12. The topological polar surface area (TPSA) is 50.7 Å². The fraction of sp³-hybridized carbons (Fsp3) is 0.0952. The van der Waals surface area contributed by atoms with Crippen LogP contribution < -0.4 is 5.32 Å². The molecule has 2 aromatic heterocycles. The molecule has 0 aliphatic carbocycles. The van der Waals surface area contributed by atoms with E-state index < -0.39 is 0 Å². The number of hydrogen-bond acceptors (Lipinski definition) is 4. The SMILES string of the molecule is c1ccc(CCNc2cnc3cc(-c4ccncc4)ccc3n2)cc1. The molecule has 4 aromatic rings. The van der Waals surface area contributed by atoms with Crippen molar-refractivity contribution in [3.8, 4) is 11.1 Å². The number of pyridine rings is 1. The molecular weight excluding hydrogens is 308 g/mol. The first-order valence-electron chi connectivity index (χ1n) is 8.33. The molecule has 0 saturated carbocycles.